The standard InChI is InChI=1S/C13H24N2O4/c1-12(2)9-15(4-10(5-16)19-12)11(17)6-18-13(3)7-14-8-13/h10,14,16H,4-9H2,1-3H3. The van der Waals surface area contributed by atoms with E-state index in [1.807, 2.05) is 20.8 Å². The molecule has 2 heterocycles. The van der Waals surface area contributed by atoms with Crippen molar-refractivity contribution in [3.63, 3.8) is 0 Å². The number of carbonyl (C=O) groups is 1. The number of hydrogen-bond acceptors (Lipinski definition) is 5. The van der Waals surface area contributed by atoms with Crippen LogP contribution in [0.15, 0.2) is 0 Å². The van der Waals surface area contributed by atoms with E-state index >= 15 is 0 Å². The van der Waals surface area contributed by atoms with Crippen LogP contribution < -0.4 is 5.32 Å². The third-order valence-electron chi connectivity index (χ3n) is 3.58. The van der Waals surface area contributed by atoms with Gasteiger partial charge in [-0.15, -0.1) is 0 Å². The SMILES string of the molecule is CC1(C)CN(C(=O)COC2(C)CNC2)CC(CO)O1. The van der Waals surface area contributed by atoms with Gasteiger partial charge in [-0.1, -0.05) is 0 Å². The molecule has 0 aliphatic carbocycles. The minimum atomic E-state index is -0.427. The second-order valence-electron chi connectivity index (χ2n) is 6.30. The molecule has 0 bridgehead atoms. The zero-order valence-corrected chi connectivity index (χ0v) is 11.9. The summed E-state index contributed by atoms with van der Waals surface area (Å²) in [5.74, 6) is -0.0389. The number of ether oxygens (including phenoxy) is 2. The highest BCUT2D eigenvalue weighted by atomic mass is 16.5. The molecule has 0 spiro atoms. The van der Waals surface area contributed by atoms with Gasteiger partial charge >= 0.3 is 0 Å². The Balaban J connectivity index is 1.87. The Bertz CT molecular complexity index is 342. The maximum absolute atomic E-state index is 12.2. The van der Waals surface area contributed by atoms with Crippen molar-refractivity contribution in [1.29, 1.82) is 0 Å². The lowest BCUT2D eigenvalue weighted by Crippen LogP contribution is -2.61. The van der Waals surface area contributed by atoms with Crippen LogP contribution in [0.1, 0.15) is 20.8 Å². The monoisotopic (exact) mass is 272 g/mol. The van der Waals surface area contributed by atoms with Crippen molar-refractivity contribution in [3.05, 3.63) is 0 Å². The molecular weight excluding hydrogens is 248 g/mol. The van der Waals surface area contributed by atoms with Gasteiger partial charge in [0.05, 0.1) is 23.9 Å². The number of carbonyl (C=O) groups excluding carboxylic acids is 1. The number of nitrogens with one attached hydrogen (secondary N) is 1. The highest BCUT2D eigenvalue weighted by molar-refractivity contribution is 5.77. The van der Waals surface area contributed by atoms with Crippen molar-refractivity contribution >= 4 is 5.91 Å². The van der Waals surface area contributed by atoms with Gasteiger partial charge < -0.3 is 24.8 Å². The van der Waals surface area contributed by atoms with Gasteiger partial charge in [0.15, 0.2) is 0 Å². The lowest BCUT2D eigenvalue weighted by Gasteiger charge is -2.43. The number of nitrogens with zero attached hydrogens (tertiary/aromatic N) is 1. The number of amides is 1. The molecular formula is C13H24N2O4. The molecule has 2 aliphatic rings. The third kappa shape index (κ3) is 3.66. The molecule has 0 aromatic heterocycles. The molecule has 2 fully saturated rings. The number of aliphatic hydroxyl groups is 1. The summed E-state index contributed by atoms with van der Waals surface area (Å²) in [6.07, 6.45) is -0.311. The summed E-state index contributed by atoms with van der Waals surface area (Å²) in [4.78, 5) is 13.9. The molecule has 1 unspecified atom stereocenters. The van der Waals surface area contributed by atoms with Gasteiger partial charge in [0.1, 0.15) is 6.61 Å². The van der Waals surface area contributed by atoms with Gasteiger partial charge in [-0.3, -0.25) is 4.79 Å². The lowest BCUT2D eigenvalue weighted by molar-refractivity contribution is -0.174. The molecule has 1 atom stereocenters. The Labute approximate surface area is 114 Å². The largest absolute Gasteiger partial charge is 0.394 e. The first-order valence-corrected chi connectivity index (χ1v) is 6.75. The van der Waals surface area contributed by atoms with Crippen molar-refractivity contribution in [3.8, 4) is 0 Å². The minimum absolute atomic E-state index is 0.0389. The maximum atomic E-state index is 12.2. The molecule has 0 aromatic carbocycles. The summed E-state index contributed by atoms with van der Waals surface area (Å²) < 4.78 is 11.3. The second kappa shape index (κ2) is 5.36. The van der Waals surface area contributed by atoms with Crippen LogP contribution in [0.4, 0.5) is 0 Å². The fourth-order valence-electron chi connectivity index (χ4n) is 2.49. The van der Waals surface area contributed by atoms with E-state index in [-0.39, 0.29) is 30.8 Å². The normalized spacial score (nSPS) is 28.8. The molecule has 2 saturated heterocycles. The summed E-state index contributed by atoms with van der Waals surface area (Å²) >= 11 is 0. The molecule has 6 nitrogen and oxygen atoms in total. The molecule has 0 aromatic rings. The lowest BCUT2D eigenvalue weighted by atomic mass is 10.0. The molecule has 0 saturated carbocycles. The maximum Gasteiger partial charge on any atom is 0.248 e. The summed E-state index contributed by atoms with van der Waals surface area (Å²) in [5.41, 5.74) is -0.642. The highest BCUT2D eigenvalue weighted by Gasteiger charge is 2.37. The van der Waals surface area contributed by atoms with Crippen LogP contribution in [0.5, 0.6) is 0 Å². The average molecular weight is 272 g/mol. The van der Waals surface area contributed by atoms with Gasteiger partial charge in [0.25, 0.3) is 0 Å². The molecule has 2 N–H and O–H groups in total. The van der Waals surface area contributed by atoms with E-state index in [4.69, 9.17) is 9.47 Å². The molecule has 2 aliphatic heterocycles. The van der Waals surface area contributed by atoms with E-state index in [0.717, 1.165) is 13.1 Å². The van der Waals surface area contributed by atoms with E-state index in [2.05, 4.69) is 5.32 Å². The van der Waals surface area contributed by atoms with Crippen molar-refractivity contribution in [1.82, 2.24) is 10.2 Å². The van der Waals surface area contributed by atoms with Crippen molar-refractivity contribution < 1.29 is 19.4 Å². The predicted molar refractivity (Wildman–Crippen MR) is 69.8 cm³/mol. The fourth-order valence-corrected chi connectivity index (χ4v) is 2.49. The summed E-state index contributed by atoms with van der Waals surface area (Å²) in [7, 11) is 0. The molecule has 0 radical (unpaired) electrons. The van der Waals surface area contributed by atoms with Crippen molar-refractivity contribution in [2.45, 2.75) is 38.1 Å². The highest BCUT2D eigenvalue weighted by Crippen LogP contribution is 2.21. The summed E-state index contributed by atoms with van der Waals surface area (Å²) in [6.45, 7) is 8.39. The first-order chi connectivity index (χ1) is 8.84. The van der Waals surface area contributed by atoms with Crippen LogP contribution in [0.3, 0.4) is 0 Å². The van der Waals surface area contributed by atoms with Crippen LogP contribution >= 0.6 is 0 Å². The number of morpholine rings is 1. The Kier molecular flexibility index (Phi) is 4.15. The summed E-state index contributed by atoms with van der Waals surface area (Å²) in [6, 6.07) is 0. The van der Waals surface area contributed by atoms with Crippen LogP contribution in [-0.2, 0) is 14.3 Å². The molecule has 19 heavy (non-hydrogen) atoms. The quantitative estimate of drug-likeness (QED) is 0.712. The van der Waals surface area contributed by atoms with E-state index in [1.165, 1.54) is 0 Å². The van der Waals surface area contributed by atoms with Gasteiger partial charge in [0.2, 0.25) is 5.91 Å². The Hall–Kier alpha value is -0.690. The zero-order chi connectivity index (χ0) is 14.1. The van der Waals surface area contributed by atoms with Crippen LogP contribution in [0, 0.1) is 0 Å². The Morgan fingerprint density at radius 2 is 2.16 bits per heavy atom. The van der Waals surface area contributed by atoms with Gasteiger partial charge in [-0.05, 0) is 20.8 Å². The van der Waals surface area contributed by atoms with E-state index in [0.29, 0.717) is 13.1 Å². The number of aliphatic hydroxyl groups excluding tert-OH is 1. The topological polar surface area (TPSA) is 71.0 Å². The fraction of sp³-hybridized carbons (Fsp3) is 0.923. The average Bonchev–Trinajstić information content (AvgIpc) is 2.31. The van der Waals surface area contributed by atoms with Gasteiger partial charge in [-0.25, -0.2) is 0 Å². The molecule has 1 amide bonds. The Morgan fingerprint density at radius 1 is 1.47 bits per heavy atom. The smallest absolute Gasteiger partial charge is 0.248 e. The minimum Gasteiger partial charge on any atom is -0.394 e. The molecule has 2 rings (SSSR count). The van der Waals surface area contributed by atoms with Gasteiger partial charge in [-0.2, -0.15) is 0 Å². The van der Waals surface area contributed by atoms with Crippen LogP contribution in [-0.4, -0.2) is 72.6 Å². The van der Waals surface area contributed by atoms with E-state index < -0.39 is 5.60 Å². The predicted octanol–water partition coefficient (Wildman–Crippen LogP) is -0.637. The van der Waals surface area contributed by atoms with Crippen molar-refractivity contribution in [2.24, 2.45) is 0 Å². The Morgan fingerprint density at radius 3 is 2.68 bits per heavy atom. The zero-order valence-electron chi connectivity index (χ0n) is 11.9. The number of rotatable bonds is 4. The van der Waals surface area contributed by atoms with Crippen LogP contribution in [0.25, 0.3) is 0 Å². The van der Waals surface area contributed by atoms with E-state index in [1.54, 1.807) is 4.90 Å². The first-order valence-electron chi connectivity index (χ1n) is 6.75. The second-order valence-corrected chi connectivity index (χ2v) is 6.30. The summed E-state index contributed by atoms with van der Waals surface area (Å²) in [5, 5.41) is 12.4. The number of hydrogen-bond donors (Lipinski definition) is 2. The first kappa shape index (κ1) is 14.7. The third-order valence-corrected chi connectivity index (χ3v) is 3.58. The van der Waals surface area contributed by atoms with E-state index in [9.17, 15) is 9.90 Å². The molecule has 110 valence electrons. The van der Waals surface area contributed by atoms with Crippen LogP contribution in [0.2, 0.25) is 0 Å². The molecule has 6 heteroatoms. The van der Waals surface area contributed by atoms with Crippen molar-refractivity contribution in [2.75, 3.05) is 39.4 Å². The van der Waals surface area contributed by atoms with Gasteiger partial charge in [0, 0.05) is 26.2 Å².